The van der Waals surface area contributed by atoms with Crippen LogP contribution in [0.15, 0.2) is 40.2 Å². The van der Waals surface area contributed by atoms with Gasteiger partial charge in [-0.1, -0.05) is 17.3 Å². The maximum Gasteiger partial charge on any atom is 0.227 e. The van der Waals surface area contributed by atoms with Crippen LogP contribution in [-0.4, -0.2) is 41.7 Å². The summed E-state index contributed by atoms with van der Waals surface area (Å²) in [6.07, 6.45) is 2.69. The second-order valence-electron chi connectivity index (χ2n) is 6.85. The molecule has 1 amide bonds. The van der Waals surface area contributed by atoms with Crippen LogP contribution >= 0.6 is 11.3 Å². The van der Waals surface area contributed by atoms with E-state index < -0.39 is 0 Å². The molecule has 0 bridgehead atoms. The molecule has 1 saturated heterocycles. The lowest BCUT2D eigenvalue weighted by Crippen LogP contribution is -2.30. The van der Waals surface area contributed by atoms with Crippen LogP contribution in [0.5, 0.6) is 11.5 Å². The molecule has 8 heteroatoms. The molecule has 29 heavy (non-hydrogen) atoms. The third kappa shape index (κ3) is 4.12. The Morgan fingerprint density at radius 2 is 2.14 bits per heavy atom. The molecule has 0 N–H and O–H groups in total. The van der Waals surface area contributed by atoms with Gasteiger partial charge in [0.2, 0.25) is 17.6 Å². The monoisotopic (exact) mass is 413 g/mol. The van der Waals surface area contributed by atoms with Gasteiger partial charge in [0.05, 0.1) is 25.1 Å². The molecular formula is C21H23N3O4S. The topological polar surface area (TPSA) is 77.7 Å². The first-order chi connectivity index (χ1) is 14.2. The molecule has 0 saturated carbocycles. The second kappa shape index (κ2) is 8.65. The van der Waals surface area contributed by atoms with E-state index in [2.05, 4.69) is 10.1 Å². The minimum absolute atomic E-state index is 0.0478. The highest BCUT2D eigenvalue weighted by atomic mass is 32.1. The van der Waals surface area contributed by atoms with E-state index in [1.165, 1.54) is 0 Å². The van der Waals surface area contributed by atoms with Gasteiger partial charge in [0.15, 0.2) is 11.5 Å². The van der Waals surface area contributed by atoms with Gasteiger partial charge in [0.25, 0.3) is 0 Å². The van der Waals surface area contributed by atoms with Crippen LogP contribution in [0.25, 0.3) is 10.7 Å². The summed E-state index contributed by atoms with van der Waals surface area (Å²) in [5.74, 6) is 2.52. The standard InChI is InChI=1S/C21H23N3O4S/c1-26-16-8-7-14(13-17(16)27-2)15-5-3-11-24(15)20(25)10-9-19-22-21(23-28-19)18-6-4-12-29-18/h4,6-8,12-13,15H,3,5,9-11H2,1-2H3/t15-/m1/s1. The van der Waals surface area contributed by atoms with E-state index in [0.717, 1.165) is 29.8 Å². The average Bonchev–Trinajstić information content (AvgIpc) is 3.52. The van der Waals surface area contributed by atoms with Crippen molar-refractivity contribution in [1.29, 1.82) is 0 Å². The van der Waals surface area contributed by atoms with Crippen molar-refractivity contribution in [3.8, 4) is 22.2 Å². The number of nitrogens with zero attached hydrogens (tertiary/aromatic N) is 3. The van der Waals surface area contributed by atoms with Crippen molar-refractivity contribution >= 4 is 17.2 Å². The van der Waals surface area contributed by atoms with Crippen LogP contribution in [0.2, 0.25) is 0 Å². The molecule has 1 aromatic carbocycles. The maximum atomic E-state index is 12.9. The Kier molecular flexibility index (Phi) is 5.80. The molecule has 0 spiro atoms. The lowest BCUT2D eigenvalue weighted by atomic mass is 10.0. The zero-order valence-electron chi connectivity index (χ0n) is 16.5. The number of methoxy groups -OCH3 is 2. The van der Waals surface area contributed by atoms with Crippen molar-refractivity contribution in [2.75, 3.05) is 20.8 Å². The first kappa shape index (κ1) is 19.4. The predicted molar refractivity (Wildman–Crippen MR) is 109 cm³/mol. The second-order valence-corrected chi connectivity index (χ2v) is 7.80. The summed E-state index contributed by atoms with van der Waals surface area (Å²) >= 11 is 1.56. The Bertz CT molecular complexity index is 970. The van der Waals surface area contributed by atoms with Crippen LogP contribution in [-0.2, 0) is 11.2 Å². The number of ether oxygens (including phenoxy) is 2. The number of carbonyl (C=O) groups excluding carboxylic acids is 1. The first-order valence-corrected chi connectivity index (χ1v) is 10.5. The van der Waals surface area contributed by atoms with Gasteiger partial charge in [-0.05, 0) is 42.0 Å². The van der Waals surface area contributed by atoms with E-state index in [1.54, 1.807) is 25.6 Å². The Morgan fingerprint density at radius 1 is 1.28 bits per heavy atom. The minimum atomic E-state index is 0.0478. The lowest BCUT2D eigenvalue weighted by molar-refractivity contribution is -0.132. The number of carbonyl (C=O) groups is 1. The molecule has 0 aliphatic carbocycles. The molecule has 2 aromatic heterocycles. The molecular weight excluding hydrogens is 390 g/mol. The highest BCUT2D eigenvalue weighted by Gasteiger charge is 2.30. The fourth-order valence-electron chi connectivity index (χ4n) is 3.69. The summed E-state index contributed by atoms with van der Waals surface area (Å²) in [5, 5.41) is 5.97. The predicted octanol–water partition coefficient (Wildman–Crippen LogP) is 4.11. The van der Waals surface area contributed by atoms with Crippen LogP contribution in [0, 0.1) is 0 Å². The molecule has 1 aliphatic rings. The van der Waals surface area contributed by atoms with Crippen molar-refractivity contribution in [1.82, 2.24) is 15.0 Å². The van der Waals surface area contributed by atoms with Gasteiger partial charge >= 0.3 is 0 Å². The summed E-state index contributed by atoms with van der Waals surface area (Å²) in [7, 11) is 3.23. The number of benzene rings is 1. The minimum Gasteiger partial charge on any atom is -0.493 e. The fourth-order valence-corrected chi connectivity index (χ4v) is 4.34. The molecule has 7 nitrogen and oxygen atoms in total. The number of rotatable bonds is 7. The Balaban J connectivity index is 1.42. The zero-order chi connectivity index (χ0) is 20.2. The number of aromatic nitrogens is 2. The van der Waals surface area contributed by atoms with Crippen molar-refractivity contribution in [2.24, 2.45) is 0 Å². The van der Waals surface area contributed by atoms with Gasteiger partial charge in [0, 0.05) is 19.4 Å². The summed E-state index contributed by atoms with van der Waals surface area (Å²) in [4.78, 5) is 20.2. The molecule has 3 aromatic rings. The van der Waals surface area contributed by atoms with Crippen molar-refractivity contribution in [2.45, 2.75) is 31.7 Å². The summed E-state index contributed by atoms with van der Waals surface area (Å²) < 4.78 is 16.0. The largest absolute Gasteiger partial charge is 0.493 e. The number of aryl methyl sites for hydroxylation is 1. The molecule has 1 aliphatic heterocycles. The number of amides is 1. The van der Waals surface area contributed by atoms with Gasteiger partial charge in [-0.3, -0.25) is 4.79 Å². The van der Waals surface area contributed by atoms with Crippen LogP contribution < -0.4 is 9.47 Å². The molecule has 152 valence electrons. The molecule has 0 radical (unpaired) electrons. The Labute approximate surface area is 173 Å². The normalized spacial score (nSPS) is 16.2. The number of hydrogen-bond donors (Lipinski definition) is 0. The molecule has 0 unspecified atom stereocenters. The number of thiophene rings is 1. The summed E-state index contributed by atoms with van der Waals surface area (Å²) in [6, 6.07) is 9.79. The highest BCUT2D eigenvalue weighted by Crippen LogP contribution is 2.37. The molecule has 1 atom stereocenters. The Hall–Kier alpha value is -2.87. The smallest absolute Gasteiger partial charge is 0.227 e. The number of hydrogen-bond acceptors (Lipinski definition) is 7. The van der Waals surface area contributed by atoms with E-state index in [-0.39, 0.29) is 11.9 Å². The van der Waals surface area contributed by atoms with Crippen molar-refractivity contribution < 1.29 is 18.8 Å². The van der Waals surface area contributed by atoms with Gasteiger partial charge in [0.1, 0.15) is 0 Å². The third-order valence-corrected chi connectivity index (χ3v) is 5.99. The summed E-state index contributed by atoms with van der Waals surface area (Å²) in [5.41, 5.74) is 1.06. The quantitative estimate of drug-likeness (QED) is 0.580. The maximum absolute atomic E-state index is 12.9. The fraction of sp³-hybridized carbons (Fsp3) is 0.381. The summed E-state index contributed by atoms with van der Waals surface area (Å²) in [6.45, 7) is 0.752. The zero-order valence-corrected chi connectivity index (χ0v) is 17.3. The van der Waals surface area contributed by atoms with Crippen LogP contribution in [0.3, 0.4) is 0 Å². The van der Waals surface area contributed by atoms with E-state index in [9.17, 15) is 4.79 Å². The number of likely N-dealkylation sites (tertiary alicyclic amines) is 1. The van der Waals surface area contributed by atoms with E-state index in [1.807, 2.05) is 40.6 Å². The SMILES string of the molecule is COc1ccc([C@H]2CCCN2C(=O)CCc2nc(-c3cccs3)no2)cc1OC. The van der Waals surface area contributed by atoms with Crippen LogP contribution in [0.4, 0.5) is 0 Å². The van der Waals surface area contributed by atoms with Crippen LogP contribution in [0.1, 0.15) is 36.8 Å². The van der Waals surface area contributed by atoms with Gasteiger partial charge in [-0.2, -0.15) is 4.98 Å². The van der Waals surface area contributed by atoms with E-state index in [0.29, 0.717) is 36.1 Å². The van der Waals surface area contributed by atoms with Crippen molar-refractivity contribution in [3.63, 3.8) is 0 Å². The molecule has 1 fully saturated rings. The third-order valence-electron chi connectivity index (χ3n) is 5.13. The van der Waals surface area contributed by atoms with Crippen molar-refractivity contribution in [3.05, 3.63) is 47.2 Å². The van der Waals surface area contributed by atoms with Gasteiger partial charge < -0.3 is 18.9 Å². The highest BCUT2D eigenvalue weighted by molar-refractivity contribution is 7.13. The molecule has 3 heterocycles. The van der Waals surface area contributed by atoms with E-state index >= 15 is 0 Å². The first-order valence-electron chi connectivity index (χ1n) is 9.57. The van der Waals surface area contributed by atoms with E-state index in [4.69, 9.17) is 14.0 Å². The Morgan fingerprint density at radius 3 is 2.90 bits per heavy atom. The van der Waals surface area contributed by atoms with Gasteiger partial charge in [-0.15, -0.1) is 11.3 Å². The molecule has 4 rings (SSSR count). The van der Waals surface area contributed by atoms with Gasteiger partial charge in [-0.25, -0.2) is 0 Å². The average molecular weight is 413 g/mol. The lowest BCUT2D eigenvalue weighted by Gasteiger charge is -2.25.